The number of fused-ring (bicyclic) bond motifs is 1. The molecule has 1 fully saturated rings. The van der Waals surface area contributed by atoms with Gasteiger partial charge in [-0.3, -0.25) is 24.6 Å². The summed E-state index contributed by atoms with van der Waals surface area (Å²) in [6.45, 7) is 1.56. The molecule has 2 heterocycles. The fraction of sp³-hybridized carbons (Fsp3) is 0.0968. The number of aromatic nitrogens is 2. The van der Waals surface area contributed by atoms with Gasteiger partial charge in [0.25, 0.3) is 11.5 Å². The number of nitro benzene ring substituents is 1. The van der Waals surface area contributed by atoms with E-state index in [1.165, 1.54) is 48.2 Å². The van der Waals surface area contributed by atoms with Crippen LogP contribution < -0.4 is 4.90 Å². The lowest BCUT2D eigenvalue weighted by Crippen LogP contribution is -2.29. The average Bonchev–Trinajstić information content (AvgIpc) is 3.58. The maximum absolute atomic E-state index is 14.4. The van der Waals surface area contributed by atoms with Gasteiger partial charge in [-0.1, -0.05) is 77.7 Å². The van der Waals surface area contributed by atoms with Gasteiger partial charge in [0, 0.05) is 23.4 Å². The van der Waals surface area contributed by atoms with Crippen LogP contribution in [0, 0.1) is 22.9 Å². The number of hydrogen-bond acceptors (Lipinski definition) is 9. The number of nitrogens with zero attached hydrogens (tertiary/aromatic N) is 4. The number of Topliss-reactive ketones (excluding diaryl/α,β-unsaturated/α-hetero) is 1. The molecule has 12 heteroatoms. The monoisotopic (exact) mass is 612 g/mol. The molecule has 9 nitrogen and oxygen atoms in total. The number of halogens is 1. The minimum atomic E-state index is -1.19. The van der Waals surface area contributed by atoms with Crippen molar-refractivity contribution in [3.63, 3.8) is 0 Å². The molecule has 5 aromatic rings. The van der Waals surface area contributed by atoms with E-state index in [1.54, 1.807) is 6.92 Å². The molecule has 0 radical (unpaired) electrons. The molecular weight excluding hydrogens is 591 g/mol. The Morgan fingerprint density at radius 1 is 1.05 bits per heavy atom. The van der Waals surface area contributed by atoms with Crippen molar-refractivity contribution in [2.75, 3.05) is 4.90 Å². The Morgan fingerprint density at radius 3 is 2.53 bits per heavy atom. The fourth-order valence-electron chi connectivity index (χ4n) is 4.94. The van der Waals surface area contributed by atoms with Gasteiger partial charge in [0.1, 0.15) is 11.6 Å². The van der Waals surface area contributed by atoms with Gasteiger partial charge in [-0.2, -0.15) is 0 Å². The minimum Gasteiger partial charge on any atom is -0.507 e. The Hall–Kier alpha value is -4.94. The number of aliphatic hydroxyl groups excluding tert-OH is 1. The normalized spacial score (nSPS) is 16.2. The Balaban J connectivity index is 1.39. The SMILES string of the molecule is Cc1ccc(C(O)=C2C(=O)C(=O)N(c3nnc(SCc4cccc5ccccc45)s3)C2c2ccc([N+](=O)[O-])cc2)cc1F. The van der Waals surface area contributed by atoms with E-state index >= 15 is 0 Å². The third-order valence-electron chi connectivity index (χ3n) is 7.14. The van der Waals surface area contributed by atoms with Crippen molar-refractivity contribution >= 4 is 62.1 Å². The van der Waals surface area contributed by atoms with E-state index in [1.807, 2.05) is 42.5 Å². The molecule has 1 atom stereocenters. The number of rotatable bonds is 7. The molecule has 6 rings (SSSR count). The second-order valence-corrected chi connectivity index (χ2v) is 11.9. The van der Waals surface area contributed by atoms with Crippen LogP contribution in [0.4, 0.5) is 15.2 Å². The van der Waals surface area contributed by atoms with Crippen LogP contribution in [0.5, 0.6) is 0 Å². The zero-order valence-electron chi connectivity index (χ0n) is 22.4. The fourth-order valence-corrected chi connectivity index (χ4v) is 6.81. The summed E-state index contributed by atoms with van der Waals surface area (Å²) in [6.07, 6.45) is 0. The molecule has 1 unspecified atom stereocenters. The molecular formula is C31H21FN4O5S2. The number of ketones is 1. The third-order valence-corrected chi connectivity index (χ3v) is 9.25. The number of amides is 1. The van der Waals surface area contributed by atoms with Gasteiger partial charge < -0.3 is 5.11 Å². The molecule has 1 N–H and O–H groups in total. The number of carbonyl (C=O) groups is 2. The number of nitro groups is 1. The van der Waals surface area contributed by atoms with Gasteiger partial charge in [0.05, 0.1) is 16.5 Å². The van der Waals surface area contributed by atoms with Gasteiger partial charge in [-0.25, -0.2) is 4.39 Å². The number of benzene rings is 4. The van der Waals surface area contributed by atoms with Crippen molar-refractivity contribution < 1.29 is 24.0 Å². The standard InChI is InChI=1S/C31H21FN4O5S2/c1-17-9-10-20(15-24(17)32)27(37)25-26(19-11-13-22(14-12-19)36(40)41)35(29(39)28(25)38)30-33-34-31(43-30)42-16-21-7-4-6-18-5-2-3-8-23(18)21/h2-15,26,37H,16H2,1H3. The highest BCUT2D eigenvalue weighted by atomic mass is 32.2. The predicted octanol–water partition coefficient (Wildman–Crippen LogP) is 6.97. The number of non-ortho nitro benzene ring substituents is 1. The van der Waals surface area contributed by atoms with Crippen molar-refractivity contribution in [2.45, 2.75) is 23.1 Å². The first-order valence-corrected chi connectivity index (χ1v) is 14.8. The predicted molar refractivity (Wildman–Crippen MR) is 162 cm³/mol. The zero-order valence-corrected chi connectivity index (χ0v) is 24.1. The second kappa shape index (κ2) is 11.4. The van der Waals surface area contributed by atoms with E-state index < -0.39 is 34.2 Å². The first-order chi connectivity index (χ1) is 20.7. The Bertz CT molecular complexity index is 1950. The minimum absolute atomic E-state index is 0.0107. The quantitative estimate of drug-likeness (QED) is 0.0397. The van der Waals surface area contributed by atoms with E-state index in [2.05, 4.69) is 10.2 Å². The maximum Gasteiger partial charge on any atom is 0.301 e. The summed E-state index contributed by atoms with van der Waals surface area (Å²) in [5, 5.41) is 33.3. The molecule has 4 aromatic carbocycles. The van der Waals surface area contributed by atoms with Gasteiger partial charge in [0.2, 0.25) is 5.13 Å². The Kier molecular flexibility index (Phi) is 7.46. The molecule has 0 spiro atoms. The third kappa shape index (κ3) is 5.26. The van der Waals surface area contributed by atoms with Crippen LogP contribution >= 0.6 is 23.1 Å². The summed E-state index contributed by atoms with van der Waals surface area (Å²) in [6, 6.07) is 22.1. The summed E-state index contributed by atoms with van der Waals surface area (Å²) in [5.41, 5.74) is 1.28. The van der Waals surface area contributed by atoms with Crippen molar-refractivity contribution in [2.24, 2.45) is 0 Å². The van der Waals surface area contributed by atoms with Crippen LogP contribution in [-0.4, -0.2) is 31.9 Å². The molecule has 1 aromatic heterocycles. The first kappa shape index (κ1) is 28.2. The number of carbonyl (C=O) groups excluding carboxylic acids is 2. The highest BCUT2D eigenvalue weighted by Gasteiger charge is 2.48. The van der Waals surface area contributed by atoms with Crippen LogP contribution in [0.25, 0.3) is 16.5 Å². The van der Waals surface area contributed by atoms with Crippen molar-refractivity contribution in [3.8, 4) is 0 Å². The summed E-state index contributed by atoms with van der Waals surface area (Å²) in [7, 11) is 0. The van der Waals surface area contributed by atoms with Crippen molar-refractivity contribution in [3.05, 3.63) is 129 Å². The summed E-state index contributed by atoms with van der Waals surface area (Å²) in [4.78, 5) is 38.7. The Labute approximate surface area is 252 Å². The van der Waals surface area contributed by atoms with E-state index in [-0.39, 0.29) is 22.0 Å². The van der Waals surface area contributed by atoms with E-state index in [0.29, 0.717) is 21.2 Å². The van der Waals surface area contributed by atoms with Gasteiger partial charge in [-0.15, -0.1) is 10.2 Å². The van der Waals surface area contributed by atoms with Gasteiger partial charge in [-0.05, 0) is 52.6 Å². The maximum atomic E-state index is 14.4. The molecule has 0 saturated carbocycles. The lowest BCUT2D eigenvalue weighted by molar-refractivity contribution is -0.384. The summed E-state index contributed by atoms with van der Waals surface area (Å²) < 4.78 is 14.9. The molecule has 214 valence electrons. The van der Waals surface area contributed by atoms with Crippen molar-refractivity contribution in [1.82, 2.24) is 10.2 Å². The molecule has 0 aliphatic carbocycles. The van der Waals surface area contributed by atoms with Gasteiger partial charge in [0.15, 0.2) is 4.34 Å². The second-order valence-electron chi connectivity index (χ2n) is 9.76. The number of hydrogen-bond donors (Lipinski definition) is 1. The van der Waals surface area contributed by atoms with Crippen LogP contribution in [0.15, 0.2) is 94.8 Å². The summed E-state index contributed by atoms with van der Waals surface area (Å²) >= 11 is 2.53. The molecule has 43 heavy (non-hydrogen) atoms. The van der Waals surface area contributed by atoms with Crippen LogP contribution in [-0.2, 0) is 15.3 Å². The smallest absolute Gasteiger partial charge is 0.301 e. The highest BCUT2D eigenvalue weighted by Crippen LogP contribution is 2.44. The van der Waals surface area contributed by atoms with Gasteiger partial charge >= 0.3 is 5.91 Å². The zero-order chi connectivity index (χ0) is 30.2. The largest absolute Gasteiger partial charge is 0.507 e. The van der Waals surface area contributed by atoms with E-state index in [4.69, 9.17) is 0 Å². The van der Waals surface area contributed by atoms with Crippen LogP contribution in [0.1, 0.15) is 28.3 Å². The lowest BCUT2D eigenvalue weighted by Gasteiger charge is -2.22. The topological polar surface area (TPSA) is 127 Å². The number of thioether (sulfide) groups is 1. The van der Waals surface area contributed by atoms with Crippen molar-refractivity contribution in [1.29, 1.82) is 0 Å². The van der Waals surface area contributed by atoms with Crippen LogP contribution in [0.2, 0.25) is 0 Å². The molecule has 0 bridgehead atoms. The Morgan fingerprint density at radius 2 is 1.79 bits per heavy atom. The molecule has 1 aliphatic rings. The number of aryl methyl sites for hydroxylation is 1. The van der Waals surface area contributed by atoms with E-state index in [9.17, 15) is 29.2 Å². The highest BCUT2D eigenvalue weighted by molar-refractivity contribution is 8.00. The number of aliphatic hydroxyl groups is 1. The molecule has 1 amide bonds. The van der Waals surface area contributed by atoms with E-state index in [0.717, 1.165) is 38.6 Å². The first-order valence-electron chi connectivity index (χ1n) is 13.0. The summed E-state index contributed by atoms with van der Waals surface area (Å²) in [5.74, 6) is -2.54. The average molecular weight is 613 g/mol. The number of anilines is 1. The lowest BCUT2D eigenvalue weighted by atomic mass is 9.95. The van der Waals surface area contributed by atoms with Crippen LogP contribution in [0.3, 0.4) is 0 Å². The molecule has 1 aliphatic heterocycles. The molecule has 1 saturated heterocycles.